The lowest BCUT2D eigenvalue weighted by atomic mass is 10.1. The molecule has 4 heteroatoms. The smallest absolute Gasteiger partial charge is 0.127 e. The Balaban J connectivity index is 0.00000128. The van der Waals surface area contributed by atoms with Crippen LogP contribution in [-0.4, -0.2) is 31.1 Å². The average Bonchev–Trinajstić information content (AvgIpc) is 2.08. The lowest BCUT2D eigenvalue weighted by Gasteiger charge is -2.35. The largest absolute Gasteiger partial charge is 0.314 e. The average molecular weight is 245 g/mol. The van der Waals surface area contributed by atoms with Gasteiger partial charge in [0.15, 0.2) is 0 Å². The highest BCUT2D eigenvalue weighted by Crippen LogP contribution is 2.14. The van der Waals surface area contributed by atoms with Crippen LogP contribution >= 0.6 is 12.4 Å². The fraction of sp³-hybridized carbons (Fsp3) is 0.500. The summed E-state index contributed by atoms with van der Waals surface area (Å²) in [6, 6.07) is 5.85. The number of rotatable bonds is 3. The summed E-state index contributed by atoms with van der Waals surface area (Å²) in [5.41, 5.74) is 1.91. The van der Waals surface area contributed by atoms with Gasteiger partial charge in [-0.2, -0.15) is 0 Å². The molecular weight excluding hydrogens is 227 g/mol. The van der Waals surface area contributed by atoms with E-state index in [1.54, 1.807) is 6.07 Å². The standard InChI is InChI=1S/C12H17FN2.ClH/c1-9-3-4-12(13)10(5-9)8-15(2)11-6-14-7-11;/h3-5,11,14H,6-8H2,1-2H3;1H. The Hall–Kier alpha value is -0.640. The molecule has 1 aromatic rings. The van der Waals surface area contributed by atoms with Gasteiger partial charge in [-0.1, -0.05) is 17.7 Å². The SMILES string of the molecule is Cc1ccc(F)c(CN(C)C2CNC2)c1.Cl. The van der Waals surface area contributed by atoms with Crippen molar-refractivity contribution in [2.45, 2.75) is 19.5 Å². The van der Waals surface area contributed by atoms with Crippen LogP contribution in [0.4, 0.5) is 4.39 Å². The third kappa shape index (κ3) is 2.94. The van der Waals surface area contributed by atoms with Gasteiger partial charge in [-0.05, 0) is 20.0 Å². The van der Waals surface area contributed by atoms with Crippen LogP contribution in [0.25, 0.3) is 0 Å². The van der Waals surface area contributed by atoms with Crippen molar-refractivity contribution in [1.82, 2.24) is 10.2 Å². The molecule has 1 aromatic carbocycles. The van der Waals surface area contributed by atoms with E-state index in [4.69, 9.17) is 0 Å². The van der Waals surface area contributed by atoms with E-state index in [-0.39, 0.29) is 18.2 Å². The number of hydrogen-bond acceptors (Lipinski definition) is 2. The van der Waals surface area contributed by atoms with Crippen LogP contribution in [0.5, 0.6) is 0 Å². The summed E-state index contributed by atoms with van der Waals surface area (Å²) in [5.74, 6) is -0.0975. The monoisotopic (exact) mass is 244 g/mol. The second-order valence-electron chi connectivity index (χ2n) is 4.32. The summed E-state index contributed by atoms with van der Waals surface area (Å²) in [7, 11) is 2.05. The minimum atomic E-state index is -0.0975. The van der Waals surface area contributed by atoms with Crippen molar-refractivity contribution in [2.75, 3.05) is 20.1 Å². The van der Waals surface area contributed by atoms with Crippen molar-refractivity contribution in [3.63, 3.8) is 0 Å². The fourth-order valence-electron chi connectivity index (χ4n) is 1.81. The van der Waals surface area contributed by atoms with Gasteiger partial charge in [0.1, 0.15) is 5.82 Å². The Morgan fingerprint density at radius 3 is 2.69 bits per heavy atom. The molecule has 0 saturated carbocycles. The molecule has 0 spiro atoms. The molecule has 1 saturated heterocycles. The highest BCUT2D eigenvalue weighted by Gasteiger charge is 2.21. The van der Waals surface area contributed by atoms with Crippen LogP contribution < -0.4 is 5.32 Å². The first-order chi connectivity index (χ1) is 7.16. The first kappa shape index (κ1) is 13.4. The maximum atomic E-state index is 13.5. The van der Waals surface area contributed by atoms with Gasteiger partial charge in [-0.15, -0.1) is 12.4 Å². The van der Waals surface area contributed by atoms with Gasteiger partial charge >= 0.3 is 0 Å². The number of benzene rings is 1. The summed E-state index contributed by atoms with van der Waals surface area (Å²) >= 11 is 0. The van der Waals surface area contributed by atoms with E-state index in [0.29, 0.717) is 12.6 Å². The van der Waals surface area contributed by atoms with Crippen molar-refractivity contribution >= 4 is 12.4 Å². The quantitative estimate of drug-likeness (QED) is 0.875. The van der Waals surface area contributed by atoms with E-state index in [0.717, 1.165) is 24.2 Å². The molecule has 1 N–H and O–H groups in total. The van der Waals surface area contributed by atoms with Crippen LogP contribution in [0.1, 0.15) is 11.1 Å². The molecule has 0 radical (unpaired) electrons. The van der Waals surface area contributed by atoms with Gasteiger partial charge in [0, 0.05) is 31.2 Å². The molecule has 90 valence electrons. The second kappa shape index (κ2) is 5.62. The Morgan fingerprint density at radius 2 is 2.12 bits per heavy atom. The Bertz CT molecular complexity index is 353. The lowest BCUT2D eigenvalue weighted by Crippen LogP contribution is -2.55. The zero-order chi connectivity index (χ0) is 10.8. The molecule has 2 rings (SSSR count). The summed E-state index contributed by atoms with van der Waals surface area (Å²) in [6.45, 7) is 4.72. The molecule has 0 amide bonds. The zero-order valence-corrected chi connectivity index (χ0v) is 10.5. The van der Waals surface area contributed by atoms with Crippen molar-refractivity contribution in [3.8, 4) is 0 Å². The topological polar surface area (TPSA) is 15.3 Å². The molecule has 1 aliphatic rings. The molecule has 1 aliphatic heterocycles. The molecular formula is C12H18ClFN2. The number of hydrogen-bond donors (Lipinski definition) is 1. The first-order valence-electron chi connectivity index (χ1n) is 5.33. The lowest BCUT2D eigenvalue weighted by molar-refractivity contribution is 0.171. The van der Waals surface area contributed by atoms with E-state index in [1.807, 2.05) is 26.1 Å². The molecule has 0 bridgehead atoms. The minimum Gasteiger partial charge on any atom is -0.314 e. The number of nitrogens with zero attached hydrogens (tertiary/aromatic N) is 1. The maximum Gasteiger partial charge on any atom is 0.127 e. The summed E-state index contributed by atoms with van der Waals surface area (Å²) in [4.78, 5) is 2.20. The Labute approximate surface area is 102 Å². The zero-order valence-electron chi connectivity index (χ0n) is 9.66. The van der Waals surface area contributed by atoms with Crippen molar-refractivity contribution < 1.29 is 4.39 Å². The third-order valence-corrected chi connectivity index (χ3v) is 3.00. The molecule has 0 atom stereocenters. The highest BCUT2D eigenvalue weighted by molar-refractivity contribution is 5.85. The molecule has 0 aromatic heterocycles. The predicted molar refractivity (Wildman–Crippen MR) is 66.5 cm³/mol. The van der Waals surface area contributed by atoms with E-state index < -0.39 is 0 Å². The normalized spacial score (nSPS) is 15.8. The number of nitrogens with one attached hydrogen (secondary N) is 1. The number of aryl methyl sites for hydroxylation is 1. The van der Waals surface area contributed by atoms with Gasteiger partial charge in [-0.25, -0.2) is 4.39 Å². The molecule has 0 aliphatic carbocycles. The Morgan fingerprint density at radius 1 is 1.44 bits per heavy atom. The van der Waals surface area contributed by atoms with Crippen LogP contribution in [0, 0.1) is 12.7 Å². The van der Waals surface area contributed by atoms with Gasteiger partial charge in [0.2, 0.25) is 0 Å². The molecule has 1 heterocycles. The summed E-state index contributed by atoms with van der Waals surface area (Å²) < 4.78 is 13.5. The van der Waals surface area contributed by atoms with Crippen LogP contribution in [0.15, 0.2) is 18.2 Å². The molecule has 16 heavy (non-hydrogen) atoms. The maximum absolute atomic E-state index is 13.5. The van der Waals surface area contributed by atoms with Crippen molar-refractivity contribution in [2.24, 2.45) is 0 Å². The van der Waals surface area contributed by atoms with E-state index >= 15 is 0 Å². The third-order valence-electron chi connectivity index (χ3n) is 3.00. The second-order valence-corrected chi connectivity index (χ2v) is 4.32. The van der Waals surface area contributed by atoms with E-state index in [2.05, 4.69) is 10.2 Å². The van der Waals surface area contributed by atoms with Gasteiger partial charge < -0.3 is 5.32 Å². The van der Waals surface area contributed by atoms with Crippen molar-refractivity contribution in [1.29, 1.82) is 0 Å². The number of halogens is 2. The Kier molecular flexibility index (Phi) is 4.71. The van der Waals surface area contributed by atoms with E-state index in [1.165, 1.54) is 0 Å². The molecule has 0 unspecified atom stereocenters. The van der Waals surface area contributed by atoms with Crippen LogP contribution in [0.3, 0.4) is 0 Å². The van der Waals surface area contributed by atoms with Crippen LogP contribution in [0.2, 0.25) is 0 Å². The summed E-state index contributed by atoms with van der Waals surface area (Å²) in [5, 5.41) is 3.22. The predicted octanol–water partition coefficient (Wildman–Crippen LogP) is 1.96. The van der Waals surface area contributed by atoms with Gasteiger partial charge in [0.05, 0.1) is 0 Å². The van der Waals surface area contributed by atoms with Gasteiger partial charge in [0.25, 0.3) is 0 Å². The minimum absolute atomic E-state index is 0. The number of likely N-dealkylation sites (N-methyl/N-ethyl adjacent to an activating group) is 1. The molecule has 2 nitrogen and oxygen atoms in total. The fourth-order valence-corrected chi connectivity index (χ4v) is 1.81. The van der Waals surface area contributed by atoms with E-state index in [9.17, 15) is 4.39 Å². The molecule has 1 fully saturated rings. The van der Waals surface area contributed by atoms with Crippen LogP contribution in [-0.2, 0) is 6.54 Å². The summed E-state index contributed by atoms with van der Waals surface area (Å²) in [6.07, 6.45) is 0. The highest BCUT2D eigenvalue weighted by atomic mass is 35.5. The van der Waals surface area contributed by atoms with Gasteiger partial charge in [-0.3, -0.25) is 4.90 Å². The first-order valence-corrected chi connectivity index (χ1v) is 5.33. The van der Waals surface area contributed by atoms with Crippen molar-refractivity contribution in [3.05, 3.63) is 35.1 Å².